The molecule has 1 aliphatic carbocycles. The van der Waals surface area contributed by atoms with Crippen molar-refractivity contribution in [1.82, 2.24) is 14.9 Å². The highest BCUT2D eigenvalue weighted by molar-refractivity contribution is 7.89. The molecule has 1 saturated carbocycles. The van der Waals surface area contributed by atoms with Crippen molar-refractivity contribution in [2.45, 2.75) is 90.5 Å². The van der Waals surface area contributed by atoms with Crippen LogP contribution in [0, 0.1) is 25.7 Å². The van der Waals surface area contributed by atoms with Gasteiger partial charge in [0.2, 0.25) is 10.0 Å². The predicted octanol–water partition coefficient (Wildman–Crippen LogP) is 3.59. The second kappa shape index (κ2) is 11.8. The number of carbonyl (C=O) groups is 3. The number of hydrogen-bond donors (Lipinski definition) is 2. The van der Waals surface area contributed by atoms with E-state index in [-0.39, 0.29) is 37.2 Å². The van der Waals surface area contributed by atoms with Crippen LogP contribution < -0.4 is 15.5 Å². The number of urea groups is 1. The van der Waals surface area contributed by atoms with Crippen molar-refractivity contribution in [3.8, 4) is 0 Å². The summed E-state index contributed by atoms with van der Waals surface area (Å²) in [5, 5.41) is 5.60. The summed E-state index contributed by atoms with van der Waals surface area (Å²) in [5.74, 6) is 1.47. The first-order valence-corrected chi connectivity index (χ1v) is 16.7. The monoisotopic (exact) mass is 585 g/mol. The van der Waals surface area contributed by atoms with Gasteiger partial charge in [-0.15, -0.1) is 0 Å². The Balaban J connectivity index is 1.18. The van der Waals surface area contributed by atoms with E-state index in [1.807, 2.05) is 13.8 Å². The van der Waals surface area contributed by atoms with Gasteiger partial charge in [-0.3, -0.25) is 14.6 Å². The van der Waals surface area contributed by atoms with Gasteiger partial charge in [0.1, 0.15) is 11.4 Å². The van der Waals surface area contributed by atoms with Crippen molar-refractivity contribution < 1.29 is 22.8 Å². The number of aliphatic imine (C=N–C) groups is 1. The molecule has 1 aromatic carbocycles. The number of anilines is 1. The first-order valence-electron chi connectivity index (χ1n) is 15.1. The third kappa shape index (κ3) is 6.07. The summed E-state index contributed by atoms with van der Waals surface area (Å²) in [6, 6.07) is 3.07. The maximum atomic E-state index is 13.3. The van der Waals surface area contributed by atoms with Crippen molar-refractivity contribution in [1.29, 1.82) is 0 Å². The van der Waals surface area contributed by atoms with Gasteiger partial charge in [-0.2, -0.15) is 0 Å². The Morgan fingerprint density at radius 2 is 1.68 bits per heavy atom. The molecule has 0 atom stereocenters. The van der Waals surface area contributed by atoms with Crippen LogP contribution in [-0.2, 0) is 26.0 Å². The molecule has 11 heteroatoms. The van der Waals surface area contributed by atoms with E-state index in [0.29, 0.717) is 30.9 Å². The Bertz CT molecular complexity index is 1300. The number of hydrogen-bond acceptors (Lipinski definition) is 6. The lowest BCUT2D eigenvalue weighted by atomic mass is 9.79. The fourth-order valence-corrected chi connectivity index (χ4v) is 8.42. The number of sulfonamides is 1. The molecule has 0 radical (unpaired) electrons. The maximum Gasteiger partial charge on any atom is 0.329 e. The lowest BCUT2D eigenvalue weighted by molar-refractivity contribution is -0.125. The molecule has 0 unspecified atom stereocenters. The number of benzene rings is 1. The van der Waals surface area contributed by atoms with Crippen LogP contribution in [0.4, 0.5) is 10.5 Å². The Morgan fingerprint density at radius 3 is 2.27 bits per heavy atom. The highest BCUT2D eigenvalue weighted by atomic mass is 32.2. The minimum absolute atomic E-state index is 0.0253. The summed E-state index contributed by atoms with van der Waals surface area (Å²) in [6.45, 7) is 6.50. The first-order chi connectivity index (χ1) is 19.5. The number of unbranched alkanes of at least 4 members (excludes halogenated alkanes) is 1. The molecule has 3 fully saturated rings. The van der Waals surface area contributed by atoms with Gasteiger partial charge in [0.25, 0.3) is 11.8 Å². The summed E-state index contributed by atoms with van der Waals surface area (Å²) in [5.41, 5.74) is 2.22. The Morgan fingerprint density at radius 1 is 1.02 bits per heavy atom. The molecule has 1 aromatic rings. The minimum atomic E-state index is -3.55. The van der Waals surface area contributed by atoms with E-state index in [1.165, 1.54) is 36.4 Å². The highest BCUT2D eigenvalue weighted by Crippen LogP contribution is 2.37. The van der Waals surface area contributed by atoms with Crippen molar-refractivity contribution in [2.75, 3.05) is 30.3 Å². The molecular weight excluding hydrogens is 542 g/mol. The van der Waals surface area contributed by atoms with Gasteiger partial charge in [0.05, 0.1) is 18.0 Å². The Kier molecular flexibility index (Phi) is 8.57. The van der Waals surface area contributed by atoms with E-state index in [4.69, 9.17) is 4.99 Å². The van der Waals surface area contributed by atoms with Gasteiger partial charge in [-0.1, -0.05) is 26.2 Å². The summed E-state index contributed by atoms with van der Waals surface area (Å²) in [6.07, 6.45) is 9.41. The van der Waals surface area contributed by atoms with Gasteiger partial charge >= 0.3 is 6.03 Å². The van der Waals surface area contributed by atoms with Gasteiger partial charge < -0.3 is 10.6 Å². The number of nitrogens with zero attached hydrogens (tertiary/aromatic N) is 3. The third-order valence-electron chi connectivity index (χ3n) is 9.53. The lowest BCUT2D eigenvalue weighted by Gasteiger charge is -2.35. The number of aryl methyl sites for hydroxylation is 2. The largest absolute Gasteiger partial charge is 0.329 e. The predicted molar refractivity (Wildman–Crippen MR) is 158 cm³/mol. The molecule has 2 N–H and O–H groups in total. The van der Waals surface area contributed by atoms with Gasteiger partial charge in [-0.05, 0) is 93.5 Å². The molecule has 3 heterocycles. The zero-order valence-corrected chi connectivity index (χ0v) is 25.3. The molecule has 10 nitrogen and oxygen atoms in total. The Hall–Kier alpha value is -2.79. The van der Waals surface area contributed by atoms with E-state index < -0.39 is 21.6 Å². The molecule has 4 amide bonds. The normalized spacial score (nSPS) is 25.0. The molecule has 3 aliphatic heterocycles. The summed E-state index contributed by atoms with van der Waals surface area (Å²) < 4.78 is 28.2. The Labute approximate surface area is 243 Å². The zero-order chi connectivity index (χ0) is 29.4. The van der Waals surface area contributed by atoms with Crippen LogP contribution in [-0.4, -0.2) is 67.3 Å². The minimum Gasteiger partial charge on any atom is -0.328 e. The fraction of sp³-hybridized carbons (Fsp3) is 0.667. The molecule has 5 rings (SSSR count). The summed E-state index contributed by atoms with van der Waals surface area (Å²) in [7, 11) is -3.55. The second-order valence-corrected chi connectivity index (χ2v) is 14.3. The van der Waals surface area contributed by atoms with Crippen LogP contribution in [0.15, 0.2) is 17.1 Å². The average molecular weight is 586 g/mol. The van der Waals surface area contributed by atoms with Crippen LogP contribution in [0.25, 0.3) is 0 Å². The van der Waals surface area contributed by atoms with Gasteiger partial charge in [0.15, 0.2) is 0 Å². The number of amidine groups is 1. The van der Waals surface area contributed by atoms with E-state index in [2.05, 4.69) is 17.6 Å². The molecule has 4 aliphatic rings. The van der Waals surface area contributed by atoms with E-state index >= 15 is 0 Å². The number of rotatable bonds is 9. The number of carbonyl (C=O) groups excluding carboxylic acids is 3. The number of amides is 4. The van der Waals surface area contributed by atoms with Crippen LogP contribution >= 0.6 is 0 Å². The number of piperidine rings is 1. The van der Waals surface area contributed by atoms with Crippen LogP contribution in [0.2, 0.25) is 0 Å². The van der Waals surface area contributed by atoms with Crippen LogP contribution in [0.3, 0.4) is 0 Å². The third-order valence-corrected chi connectivity index (χ3v) is 11.4. The molecule has 1 spiro atoms. The molecule has 0 bridgehead atoms. The molecule has 41 heavy (non-hydrogen) atoms. The fourth-order valence-electron chi connectivity index (χ4n) is 6.96. The zero-order valence-electron chi connectivity index (χ0n) is 24.5. The van der Waals surface area contributed by atoms with Crippen LogP contribution in [0.1, 0.15) is 81.4 Å². The van der Waals surface area contributed by atoms with E-state index in [0.717, 1.165) is 46.2 Å². The average Bonchev–Trinajstić information content (AvgIpc) is 3.44. The molecule has 0 aromatic heterocycles. The SMILES string of the molecule is CCCCC1CCC(C2=NC3(CCN(S(=O)(=O)CCc4c(C)cc(N5C(=O)CNC5=O)cc4C)CC3)C(=O)N2)CC1. The number of nitrogens with one attached hydrogen (secondary N) is 2. The maximum absolute atomic E-state index is 13.3. The van der Waals surface area contributed by atoms with Crippen molar-refractivity contribution in [3.63, 3.8) is 0 Å². The van der Waals surface area contributed by atoms with Crippen molar-refractivity contribution >= 4 is 39.4 Å². The summed E-state index contributed by atoms with van der Waals surface area (Å²) in [4.78, 5) is 43.3. The second-order valence-electron chi connectivity index (χ2n) is 12.3. The molecule has 224 valence electrons. The standard InChI is InChI=1S/C30H43N5O5S/c1-4-5-6-22-7-9-23(10-8-22)27-32-28(37)30(33-27)12-14-34(15-13-30)41(39,40)16-11-25-20(2)17-24(18-21(25)3)35-26(36)19-31-29(35)38/h17-18,22-23H,4-16,19H2,1-3H3,(H,31,38)(H,32,33,37). The number of imide groups is 1. The molecular formula is C30H43N5O5S. The van der Waals surface area contributed by atoms with E-state index in [9.17, 15) is 22.8 Å². The van der Waals surface area contributed by atoms with E-state index in [1.54, 1.807) is 12.1 Å². The van der Waals surface area contributed by atoms with Crippen LogP contribution in [0.5, 0.6) is 0 Å². The van der Waals surface area contributed by atoms with Gasteiger partial charge in [-0.25, -0.2) is 22.4 Å². The molecule has 2 saturated heterocycles. The topological polar surface area (TPSA) is 128 Å². The highest BCUT2D eigenvalue weighted by Gasteiger charge is 2.48. The summed E-state index contributed by atoms with van der Waals surface area (Å²) >= 11 is 0. The van der Waals surface area contributed by atoms with Crippen molar-refractivity contribution in [3.05, 3.63) is 28.8 Å². The lowest BCUT2D eigenvalue weighted by Crippen LogP contribution is -2.51. The quantitative estimate of drug-likeness (QED) is 0.428. The first kappa shape index (κ1) is 29.7. The van der Waals surface area contributed by atoms with Crippen molar-refractivity contribution in [2.24, 2.45) is 16.8 Å². The smallest absolute Gasteiger partial charge is 0.328 e. The van der Waals surface area contributed by atoms with Gasteiger partial charge in [0, 0.05) is 19.0 Å².